The van der Waals surface area contributed by atoms with Gasteiger partial charge in [-0.25, -0.2) is 0 Å². The van der Waals surface area contributed by atoms with Gasteiger partial charge in [-0.3, -0.25) is 4.79 Å². The third-order valence-corrected chi connectivity index (χ3v) is 5.42. The molecule has 26 heavy (non-hydrogen) atoms. The van der Waals surface area contributed by atoms with E-state index in [1.54, 1.807) is 0 Å². The van der Waals surface area contributed by atoms with Crippen molar-refractivity contribution < 1.29 is 9.53 Å². The molecular weight excluding hydrogens is 324 g/mol. The van der Waals surface area contributed by atoms with Crippen molar-refractivity contribution >= 4 is 5.91 Å². The number of hydrogen-bond donors (Lipinski definition) is 1. The van der Waals surface area contributed by atoms with Gasteiger partial charge in [0.15, 0.2) is 0 Å². The molecule has 2 unspecified atom stereocenters. The highest BCUT2D eigenvalue weighted by atomic mass is 16.5. The van der Waals surface area contributed by atoms with Crippen molar-refractivity contribution in [1.82, 2.24) is 10.2 Å². The maximum atomic E-state index is 12.6. The first-order valence-corrected chi connectivity index (χ1v) is 9.60. The number of amides is 1. The molecule has 1 N–H and O–H groups in total. The summed E-state index contributed by atoms with van der Waals surface area (Å²) in [5.74, 6) is 1.04. The molecule has 4 heteroatoms. The molecule has 1 amide bonds. The quantitative estimate of drug-likeness (QED) is 0.898. The number of hydrogen-bond acceptors (Lipinski definition) is 3. The van der Waals surface area contributed by atoms with Crippen LogP contribution in [-0.2, 0) is 4.79 Å². The number of ether oxygens (including phenoxy) is 1. The molecule has 2 aliphatic heterocycles. The number of para-hydroxylation sites is 1. The lowest BCUT2D eigenvalue weighted by molar-refractivity contribution is -0.131. The molecule has 2 atom stereocenters. The maximum Gasteiger partial charge on any atom is 0.226 e. The van der Waals surface area contributed by atoms with Crippen LogP contribution in [0.2, 0.25) is 0 Å². The van der Waals surface area contributed by atoms with E-state index in [4.69, 9.17) is 4.74 Å². The van der Waals surface area contributed by atoms with Crippen LogP contribution in [0, 0.1) is 0 Å². The van der Waals surface area contributed by atoms with Gasteiger partial charge in [0.2, 0.25) is 5.91 Å². The molecule has 0 spiro atoms. The molecule has 2 fully saturated rings. The van der Waals surface area contributed by atoms with Crippen molar-refractivity contribution in [3.05, 3.63) is 54.6 Å². The number of carbonyl (C=O) groups is 1. The van der Waals surface area contributed by atoms with E-state index in [1.807, 2.05) is 41.3 Å². The zero-order valence-corrected chi connectivity index (χ0v) is 15.1. The lowest BCUT2D eigenvalue weighted by Gasteiger charge is -2.24. The minimum atomic E-state index is 0.205. The SMILES string of the molecule is O=C(CCOc1ccccc1-c1ccccc1)N1CCC2CCC(C1)N2. The predicted molar refractivity (Wildman–Crippen MR) is 103 cm³/mol. The van der Waals surface area contributed by atoms with Crippen LogP contribution in [0.15, 0.2) is 54.6 Å². The second-order valence-corrected chi connectivity index (χ2v) is 7.23. The van der Waals surface area contributed by atoms with Crippen LogP contribution in [-0.4, -0.2) is 42.6 Å². The van der Waals surface area contributed by atoms with Crippen LogP contribution in [0.25, 0.3) is 11.1 Å². The van der Waals surface area contributed by atoms with Gasteiger partial charge in [0, 0.05) is 30.7 Å². The molecule has 2 aromatic carbocycles. The van der Waals surface area contributed by atoms with Crippen LogP contribution >= 0.6 is 0 Å². The van der Waals surface area contributed by atoms with E-state index in [-0.39, 0.29) is 5.91 Å². The Morgan fingerprint density at radius 3 is 2.65 bits per heavy atom. The van der Waals surface area contributed by atoms with Gasteiger partial charge in [-0.15, -0.1) is 0 Å². The highest BCUT2D eigenvalue weighted by Crippen LogP contribution is 2.29. The molecule has 2 heterocycles. The van der Waals surface area contributed by atoms with E-state index in [1.165, 1.54) is 12.8 Å². The fraction of sp³-hybridized carbons (Fsp3) is 0.409. The van der Waals surface area contributed by atoms with Crippen LogP contribution in [0.1, 0.15) is 25.7 Å². The van der Waals surface area contributed by atoms with Crippen LogP contribution < -0.4 is 10.1 Å². The average molecular weight is 350 g/mol. The molecule has 136 valence electrons. The number of likely N-dealkylation sites (tertiary alicyclic amines) is 1. The maximum absolute atomic E-state index is 12.6. The summed E-state index contributed by atoms with van der Waals surface area (Å²) in [5, 5.41) is 3.62. The summed E-state index contributed by atoms with van der Waals surface area (Å²) in [4.78, 5) is 14.6. The topological polar surface area (TPSA) is 41.6 Å². The largest absolute Gasteiger partial charge is 0.492 e. The van der Waals surface area contributed by atoms with Crippen molar-refractivity contribution in [2.75, 3.05) is 19.7 Å². The molecule has 2 aromatic rings. The van der Waals surface area contributed by atoms with Gasteiger partial charge in [0.25, 0.3) is 0 Å². The highest BCUT2D eigenvalue weighted by Gasteiger charge is 2.30. The van der Waals surface area contributed by atoms with Gasteiger partial charge in [0.1, 0.15) is 5.75 Å². The van der Waals surface area contributed by atoms with Gasteiger partial charge < -0.3 is 15.0 Å². The Kier molecular flexibility index (Phi) is 5.21. The summed E-state index contributed by atoms with van der Waals surface area (Å²) in [6.45, 7) is 2.13. The Labute approximate surface area is 155 Å². The van der Waals surface area contributed by atoms with E-state index < -0.39 is 0 Å². The number of nitrogens with zero attached hydrogens (tertiary/aromatic N) is 1. The number of fused-ring (bicyclic) bond motifs is 2. The number of rotatable bonds is 5. The van der Waals surface area contributed by atoms with Crippen molar-refractivity contribution in [2.24, 2.45) is 0 Å². The first kappa shape index (κ1) is 17.1. The minimum Gasteiger partial charge on any atom is -0.492 e. The standard InChI is InChI=1S/C22H26N2O2/c25-22(24-14-12-18-10-11-19(16-24)23-18)13-15-26-21-9-5-4-8-20(21)17-6-2-1-3-7-17/h1-9,18-19,23H,10-16H2. The van der Waals surface area contributed by atoms with E-state index in [2.05, 4.69) is 23.5 Å². The van der Waals surface area contributed by atoms with Gasteiger partial charge in [-0.2, -0.15) is 0 Å². The van der Waals surface area contributed by atoms with Crippen LogP contribution in [0.5, 0.6) is 5.75 Å². The smallest absolute Gasteiger partial charge is 0.226 e. The fourth-order valence-corrected chi connectivity index (χ4v) is 4.02. The molecule has 0 aromatic heterocycles. The number of benzene rings is 2. The average Bonchev–Trinajstić information content (AvgIpc) is 3.01. The lowest BCUT2D eigenvalue weighted by Crippen LogP contribution is -2.39. The van der Waals surface area contributed by atoms with Crippen LogP contribution in [0.4, 0.5) is 0 Å². The number of carbonyl (C=O) groups excluding carboxylic acids is 1. The number of nitrogens with one attached hydrogen (secondary N) is 1. The normalized spacial score (nSPS) is 22.1. The summed E-state index contributed by atoms with van der Waals surface area (Å²) < 4.78 is 5.98. The van der Waals surface area contributed by atoms with Crippen molar-refractivity contribution in [2.45, 2.75) is 37.8 Å². The van der Waals surface area contributed by atoms with Gasteiger partial charge in [-0.05, 0) is 30.9 Å². The summed E-state index contributed by atoms with van der Waals surface area (Å²) in [6, 6.07) is 19.3. The lowest BCUT2D eigenvalue weighted by atomic mass is 10.1. The Hall–Kier alpha value is -2.33. The summed E-state index contributed by atoms with van der Waals surface area (Å²) in [7, 11) is 0. The first-order valence-electron chi connectivity index (χ1n) is 9.60. The third-order valence-electron chi connectivity index (χ3n) is 5.42. The molecular formula is C22H26N2O2. The Morgan fingerprint density at radius 1 is 1.00 bits per heavy atom. The second-order valence-electron chi connectivity index (χ2n) is 7.23. The minimum absolute atomic E-state index is 0.205. The zero-order chi connectivity index (χ0) is 17.8. The Bertz CT molecular complexity index is 747. The van der Waals surface area contributed by atoms with Crippen molar-refractivity contribution in [3.63, 3.8) is 0 Å². The first-order chi connectivity index (χ1) is 12.8. The monoisotopic (exact) mass is 350 g/mol. The second kappa shape index (κ2) is 7.92. The van der Waals surface area contributed by atoms with Crippen molar-refractivity contribution in [3.8, 4) is 16.9 Å². The van der Waals surface area contributed by atoms with Crippen LogP contribution in [0.3, 0.4) is 0 Å². The summed E-state index contributed by atoms with van der Waals surface area (Å²) >= 11 is 0. The Balaban J connectivity index is 1.34. The van der Waals surface area contributed by atoms with Gasteiger partial charge in [0.05, 0.1) is 13.0 Å². The Morgan fingerprint density at radius 2 is 1.77 bits per heavy atom. The summed E-state index contributed by atoms with van der Waals surface area (Å²) in [5.41, 5.74) is 2.20. The predicted octanol–water partition coefficient (Wildman–Crippen LogP) is 3.48. The summed E-state index contributed by atoms with van der Waals surface area (Å²) in [6.07, 6.45) is 3.95. The molecule has 0 radical (unpaired) electrons. The fourth-order valence-electron chi connectivity index (χ4n) is 4.02. The molecule has 4 nitrogen and oxygen atoms in total. The molecule has 2 bridgehead atoms. The van der Waals surface area contributed by atoms with Gasteiger partial charge >= 0.3 is 0 Å². The molecule has 4 rings (SSSR count). The third kappa shape index (κ3) is 3.91. The van der Waals surface area contributed by atoms with Crippen molar-refractivity contribution in [1.29, 1.82) is 0 Å². The van der Waals surface area contributed by atoms with E-state index in [0.29, 0.717) is 25.1 Å². The molecule has 0 saturated carbocycles. The molecule has 0 aliphatic carbocycles. The molecule has 2 aliphatic rings. The highest BCUT2D eigenvalue weighted by molar-refractivity contribution is 5.76. The zero-order valence-electron chi connectivity index (χ0n) is 15.1. The molecule has 2 saturated heterocycles. The van der Waals surface area contributed by atoms with E-state index >= 15 is 0 Å². The van der Waals surface area contributed by atoms with E-state index in [0.717, 1.165) is 36.4 Å². The van der Waals surface area contributed by atoms with E-state index in [9.17, 15) is 4.79 Å². The van der Waals surface area contributed by atoms with Gasteiger partial charge in [-0.1, -0.05) is 48.5 Å².